The molecule has 1 aliphatic rings. The molecule has 13 heteroatoms. The largest absolute Gasteiger partial charge is 0.418 e. The van der Waals surface area contributed by atoms with Gasteiger partial charge in [-0.3, -0.25) is 14.6 Å². The molecule has 3 aromatic rings. The van der Waals surface area contributed by atoms with Crippen LogP contribution < -0.4 is 16.0 Å². The molecule has 0 radical (unpaired) electrons. The van der Waals surface area contributed by atoms with Gasteiger partial charge in [0.2, 0.25) is 5.91 Å². The zero-order valence-electron chi connectivity index (χ0n) is 18.6. The Labute approximate surface area is 202 Å². The Hall–Kier alpha value is -4.13. The van der Waals surface area contributed by atoms with Gasteiger partial charge < -0.3 is 20.7 Å². The van der Waals surface area contributed by atoms with Gasteiger partial charge in [-0.25, -0.2) is 14.4 Å². The van der Waals surface area contributed by atoms with Crippen LogP contribution in [0, 0.1) is 5.82 Å². The number of nitrogens with zero attached hydrogens (tertiary/aromatic N) is 3. The van der Waals surface area contributed by atoms with Crippen LogP contribution in [0.15, 0.2) is 55.2 Å². The quantitative estimate of drug-likeness (QED) is 0.424. The summed E-state index contributed by atoms with van der Waals surface area (Å²) < 4.78 is 58.3. The molecular formula is C23H20F4N6O3. The maximum Gasteiger partial charge on any atom is 0.418 e. The molecule has 1 aliphatic heterocycles. The lowest BCUT2D eigenvalue weighted by Crippen LogP contribution is -2.59. The van der Waals surface area contributed by atoms with Gasteiger partial charge in [-0.1, -0.05) is 0 Å². The van der Waals surface area contributed by atoms with Crippen molar-refractivity contribution in [2.45, 2.75) is 24.7 Å². The third-order valence-electron chi connectivity index (χ3n) is 5.45. The minimum atomic E-state index is -4.75. The van der Waals surface area contributed by atoms with Gasteiger partial charge in [0.25, 0.3) is 5.91 Å². The summed E-state index contributed by atoms with van der Waals surface area (Å²) in [5.41, 5.74) is -1.91. The van der Waals surface area contributed by atoms with E-state index in [1.165, 1.54) is 37.1 Å². The fourth-order valence-electron chi connectivity index (χ4n) is 3.56. The van der Waals surface area contributed by atoms with E-state index in [9.17, 15) is 27.2 Å². The second kappa shape index (κ2) is 10.2. The number of halogens is 4. The van der Waals surface area contributed by atoms with Crippen molar-refractivity contribution in [1.29, 1.82) is 0 Å². The van der Waals surface area contributed by atoms with E-state index in [4.69, 9.17) is 4.74 Å². The number of anilines is 2. The first kappa shape index (κ1) is 25.0. The third kappa shape index (κ3) is 5.74. The molecular weight excluding hydrogens is 484 g/mol. The number of hydrogen-bond donors (Lipinski definition) is 3. The summed E-state index contributed by atoms with van der Waals surface area (Å²) in [7, 11) is 0. The number of amides is 2. The molecule has 1 aromatic carbocycles. The summed E-state index contributed by atoms with van der Waals surface area (Å²) in [5.74, 6) is -2.00. The molecule has 2 aromatic heterocycles. The zero-order valence-corrected chi connectivity index (χ0v) is 18.6. The molecule has 0 bridgehead atoms. The number of ether oxygens (including phenoxy) is 1. The van der Waals surface area contributed by atoms with E-state index in [0.29, 0.717) is 11.8 Å². The maximum absolute atomic E-state index is 13.3. The highest BCUT2D eigenvalue weighted by atomic mass is 19.4. The van der Waals surface area contributed by atoms with Gasteiger partial charge in [-0.2, -0.15) is 13.2 Å². The number of pyridine rings is 1. The highest BCUT2D eigenvalue weighted by Gasteiger charge is 2.43. The van der Waals surface area contributed by atoms with Crippen molar-refractivity contribution in [3.05, 3.63) is 77.9 Å². The Balaban J connectivity index is 1.39. The number of nitrogens with one attached hydrogen (secondary N) is 3. The lowest BCUT2D eigenvalue weighted by Gasteiger charge is -2.27. The molecule has 1 unspecified atom stereocenters. The Bertz CT molecular complexity index is 1230. The van der Waals surface area contributed by atoms with Crippen molar-refractivity contribution < 1.29 is 31.9 Å². The van der Waals surface area contributed by atoms with Gasteiger partial charge in [0.05, 0.1) is 47.5 Å². The fraction of sp³-hybridized carbons (Fsp3) is 0.261. The molecule has 9 nitrogen and oxygen atoms in total. The topological polar surface area (TPSA) is 118 Å². The van der Waals surface area contributed by atoms with Gasteiger partial charge >= 0.3 is 6.18 Å². The average Bonchev–Trinajstić information content (AvgIpc) is 3.34. The van der Waals surface area contributed by atoms with E-state index in [1.807, 2.05) is 0 Å². The molecule has 0 aliphatic carbocycles. The Kier molecular flexibility index (Phi) is 7.10. The number of hydrogen-bond acceptors (Lipinski definition) is 7. The average molecular weight is 504 g/mol. The molecule has 188 valence electrons. The van der Waals surface area contributed by atoms with Crippen molar-refractivity contribution in [2.75, 3.05) is 18.5 Å². The summed E-state index contributed by atoms with van der Waals surface area (Å²) >= 11 is 0. The predicted molar refractivity (Wildman–Crippen MR) is 118 cm³/mol. The number of alkyl halides is 3. The summed E-state index contributed by atoms with van der Waals surface area (Å²) in [6, 6.07) is 5.30. The number of benzene rings is 1. The molecule has 0 spiro atoms. The van der Waals surface area contributed by atoms with Crippen molar-refractivity contribution in [2.24, 2.45) is 0 Å². The molecule has 1 fully saturated rings. The molecule has 2 amide bonds. The molecule has 1 saturated heterocycles. The van der Waals surface area contributed by atoms with E-state index in [0.717, 1.165) is 12.1 Å². The number of carbonyl (C=O) groups is 2. The SMILES string of the molecule is O=C(NC1(C(=O)NCc2ccc(Nc3ccc(F)cc3C(F)(F)F)cn2)CCOC1)c1cncnc1. The predicted octanol–water partition coefficient (Wildman–Crippen LogP) is 2.98. The molecule has 36 heavy (non-hydrogen) atoms. The second-order valence-electron chi connectivity index (χ2n) is 8.00. The van der Waals surface area contributed by atoms with Crippen LogP contribution in [0.1, 0.15) is 28.0 Å². The van der Waals surface area contributed by atoms with Crippen LogP contribution in [0.25, 0.3) is 0 Å². The minimum Gasteiger partial charge on any atom is -0.378 e. The third-order valence-corrected chi connectivity index (χ3v) is 5.45. The molecule has 1 atom stereocenters. The first-order chi connectivity index (χ1) is 17.2. The van der Waals surface area contributed by atoms with E-state index in [2.05, 4.69) is 30.9 Å². The lowest BCUT2D eigenvalue weighted by molar-refractivity contribution is -0.137. The molecule has 0 saturated carbocycles. The highest BCUT2D eigenvalue weighted by molar-refractivity contribution is 5.99. The molecule has 4 rings (SSSR count). The summed E-state index contributed by atoms with van der Waals surface area (Å²) in [4.78, 5) is 37.2. The summed E-state index contributed by atoms with van der Waals surface area (Å²) in [6.07, 6.45) is 0.732. The Morgan fingerprint density at radius 1 is 1.08 bits per heavy atom. The van der Waals surface area contributed by atoms with Crippen LogP contribution in [0.2, 0.25) is 0 Å². The monoisotopic (exact) mass is 504 g/mol. The molecule has 3 heterocycles. The molecule has 3 N–H and O–H groups in total. The van der Waals surface area contributed by atoms with E-state index >= 15 is 0 Å². The fourth-order valence-corrected chi connectivity index (χ4v) is 3.56. The van der Waals surface area contributed by atoms with Crippen LogP contribution in [-0.2, 0) is 22.3 Å². The number of carbonyl (C=O) groups excluding carboxylic acids is 2. The first-order valence-corrected chi connectivity index (χ1v) is 10.7. The van der Waals surface area contributed by atoms with Gasteiger partial charge in [-0.05, 0) is 30.3 Å². The minimum absolute atomic E-state index is 0.00443. The Morgan fingerprint density at radius 3 is 2.50 bits per heavy atom. The number of rotatable bonds is 7. The smallest absolute Gasteiger partial charge is 0.378 e. The van der Waals surface area contributed by atoms with Gasteiger partial charge in [0, 0.05) is 25.4 Å². The summed E-state index contributed by atoms with van der Waals surface area (Å²) in [6.45, 7) is 0.254. The van der Waals surface area contributed by atoms with Crippen LogP contribution >= 0.6 is 0 Å². The van der Waals surface area contributed by atoms with Gasteiger partial charge in [0.1, 0.15) is 17.7 Å². The second-order valence-corrected chi connectivity index (χ2v) is 8.00. The van der Waals surface area contributed by atoms with Crippen molar-refractivity contribution in [3.63, 3.8) is 0 Å². The van der Waals surface area contributed by atoms with Crippen molar-refractivity contribution >= 4 is 23.2 Å². The maximum atomic E-state index is 13.3. The number of aromatic nitrogens is 3. The van der Waals surface area contributed by atoms with Crippen LogP contribution in [-0.4, -0.2) is 45.5 Å². The highest BCUT2D eigenvalue weighted by Crippen LogP contribution is 2.36. The van der Waals surface area contributed by atoms with Crippen molar-refractivity contribution in [3.8, 4) is 0 Å². The standard InChI is InChI=1S/C23H20F4N6O3/c24-15-1-4-19(18(7-15)23(25,26)27)32-17-3-2-16(30-11-17)10-31-21(35)22(5-6-36-12-22)33-20(34)14-8-28-13-29-9-14/h1-4,7-9,11,13,32H,5-6,10,12H2,(H,31,35)(H,33,34). The first-order valence-electron chi connectivity index (χ1n) is 10.7. The van der Waals surface area contributed by atoms with Gasteiger partial charge in [0.15, 0.2) is 0 Å². The summed E-state index contributed by atoms with van der Waals surface area (Å²) in [5, 5.41) is 7.98. The van der Waals surface area contributed by atoms with E-state index in [1.54, 1.807) is 0 Å². The normalized spacial score (nSPS) is 17.4. The lowest BCUT2D eigenvalue weighted by atomic mass is 9.96. The Morgan fingerprint density at radius 2 is 1.86 bits per heavy atom. The van der Waals surface area contributed by atoms with E-state index in [-0.39, 0.29) is 43.1 Å². The van der Waals surface area contributed by atoms with Gasteiger partial charge in [-0.15, -0.1) is 0 Å². The van der Waals surface area contributed by atoms with Crippen LogP contribution in [0.3, 0.4) is 0 Å². The zero-order chi connectivity index (χ0) is 25.8. The van der Waals surface area contributed by atoms with Crippen LogP contribution in [0.4, 0.5) is 28.9 Å². The van der Waals surface area contributed by atoms with E-state index < -0.39 is 34.9 Å². The van der Waals surface area contributed by atoms with Crippen molar-refractivity contribution in [1.82, 2.24) is 25.6 Å². The van der Waals surface area contributed by atoms with Crippen LogP contribution in [0.5, 0.6) is 0 Å².